The first-order valence-corrected chi connectivity index (χ1v) is 8.26. The molecule has 3 rings (SSSR count). The van der Waals surface area contributed by atoms with Crippen molar-refractivity contribution in [2.75, 3.05) is 18.9 Å². The highest BCUT2D eigenvalue weighted by Crippen LogP contribution is 2.32. The van der Waals surface area contributed by atoms with E-state index in [4.69, 9.17) is 0 Å². The van der Waals surface area contributed by atoms with Crippen LogP contribution in [0.4, 0.5) is 9.52 Å². The summed E-state index contributed by atoms with van der Waals surface area (Å²) in [5.41, 5.74) is 1.31. The number of rotatable bonds is 3. The summed E-state index contributed by atoms with van der Waals surface area (Å²) in [6.45, 7) is 0.687. The van der Waals surface area contributed by atoms with Gasteiger partial charge in [-0.05, 0) is 37.0 Å². The number of aromatic nitrogens is 1. The molecule has 22 heavy (non-hydrogen) atoms. The molecule has 1 aliphatic rings. The van der Waals surface area contributed by atoms with E-state index >= 15 is 0 Å². The predicted molar refractivity (Wildman–Crippen MR) is 85.7 cm³/mol. The van der Waals surface area contributed by atoms with E-state index < -0.39 is 0 Å². The van der Waals surface area contributed by atoms with Crippen LogP contribution in [0, 0.1) is 5.82 Å². The number of amides is 1. The van der Waals surface area contributed by atoms with E-state index in [1.54, 1.807) is 18.5 Å². The SMILES string of the molecule is CNc1nc(C(=O)N2CCCC[C@@H]2c2cccc(F)c2)cs1. The number of hydrogen-bond donors (Lipinski definition) is 1. The molecule has 1 N–H and O–H groups in total. The van der Waals surface area contributed by atoms with Crippen LogP contribution in [0.5, 0.6) is 0 Å². The normalized spacial score (nSPS) is 18.3. The van der Waals surface area contributed by atoms with Gasteiger partial charge in [0.15, 0.2) is 5.13 Å². The average Bonchev–Trinajstić information content (AvgIpc) is 3.03. The van der Waals surface area contributed by atoms with E-state index in [9.17, 15) is 9.18 Å². The van der Waals surface area contributed by atoms with Crippen molar-refractivity contribution >= 4 is 22.4 Å². The molecule has 0 spiro atoms. The van der Waals surface area contributed by atoms with Gasteiger partial charge in [-0.25, -0.2) is 9.37 Å². The van der Waals surface area contributed by atoms with Crippen molar-refractivity contribution in [3.8, 4) is 0 Å². The molecule has 1 aromatic carbocycles. The maximum atomic E-state index is 13.5. The summed E-state index contributed by atoms with van der Waals surface area (Å²) >= 11 is 1.41. The molecule has 1 saturated heterocycles. The number of benzene rings is 1. The van der Waals surface area contributed by atoms with Gasteiger partial charge in [0, 0.05) is 19.0 Å². The Morgan fingerprint density at radius 3 is 3.05 bits per heavy atom. The molecule has 1 amide bonds. The fourth-order valence-corrected chi connectivity index (χ4v) is 3.51. The van der Waals surface area contributed by atoms with Gasteiger partial charge in [-0.1, -0.05) is 12.1 Å². The molecule has 2 aromatic rings. The zero-order valence-electron chi connectivity index (χ0n) is 12.4. The number of carbonyl (C=O) groups excluding carboxylic acids is 1. The van der Waals surface area contributed by atoms with Gasteiger partial charge >= 0.3 is 0 Å². The van der Waals surface area contributed by atoms with E-state index in [1.807, 2.05) is 11.0 Å². The molecule has 4 nitrogen and oxygen atoms in total. The minimum absolute atomic E-state index is 0.0725. The van der Waals surface area contributed by atoms with Gasteiger partial charge in [-0.3, -0.25) is 4.79 Å². The smallest absolute Gasteiger partial charge is 0.273 e. The molecule has 1 fully saturated rings. The highest BCUT2D eigenvalue weighted by Gasteiger charge is 2.30. The minimum atomic E-state index is -0.262. The lowest BCUT2D eigenvalue weighted by molar-refractivity contribution is 0.0606. The molecule has 1 aromatic heterocycles. The van der Waals surface area contributed by atoms with E-state index in [0.717, 1.165) is 30.0 Å². The Morgan fingerprint density at radius 2 is 2.32 bits per heavy atom. The molecular formula is C16H18FN3OS. The van der Waals surface area contributed by atoms with Crippen LogP contribution in [0.25, 0.3) is 0 Å². The molecule has 0 bridgehead atoms. The lowest BCUT2D eigenvalue weighted by atomic mass is 9.95. The molecule has 1 atom stereocenters. The van der Waals surface area contributed by atoms with Crippen molar-refractivity contribution < 1.29 is 9.18 Å². The van der Waals surface area contributed by atoms with Crippen LogP contribution >= 0.6 is 11.3 Å². The third kappa shape index (κ3) is 2.97. The Bertz CT molecular complexity index is 673. The third-order valence-corrected chi connectivity index (χ3v) is 4.79. The van der Waals surface area contributed by atoms with Gasteiger partial charge in [0.25, 0.3) is 5.91 Å². The second-order valence-electron chi connectivity index (χ2n) is 5.35. The zero-order chi connectivity index (χ0) is 15.5. The minimum Gasteiger partial charge on any atom is -0.365 e. The number of hydrogen-bond acceptors (Lipinski definition) is 4. The Labute approximate surface area is 133 Å². The van der Waals surface area contributed by atoms with Gasteiger partial charge in [-0.2, -0.15) is 0 Å². The van der Waals surface area contributed by atoms with Crippen molar-refractivity contribution in [3.63, 3.8) is 0 Å². The fraction of sp³-hybridized carbons (Fsp3) is 0.375. The first-order valence-electron chi connectivity index (χ1n) is 7.39. The Morgan fingerprint density at radius 1 is 1.45 bits per heavy atom. The molecule has 0 saturated carbocycles. The lowest BCUT2D eigenvalue weighted by Crippen LogP contribution is -2.38. The third-order valence-electron chi connectivity index (χ3n) is 3.93. The summed E-state index contributed by atoms with van der Waals surface area (Å²) in [4.78, 5) is 18.9. The monoisotopic (exact) mass is 319 g/mol. The average molecular weight is 319 g/mol. The number of nitrogens with one attached hydrogen (secondary N) is 1. The van der Waals surface area contributed by atoms with Crippen LogP contribution in [0.15, 0.2) is 29.6 Å². The fourth-order valence-electron chi connectivity index (χ4n) is 2.87. The van der Waals surface area contributed by atoms with Crippen LogP contribution in [0.3, 0.4) is 0 Å². The number of anilines is 1. The molecule has 0 aliphatic carbocycles. The van der Waals surface area contributed by atoms with Gasteiger partial charge in [0.2, 0.25) is 0 Å². The second kappa shape index (κ2) is 6.44. The highest BCUT2D eigenvalue weighted by molar-refractivity contribution is 7.13. The van der Waals surface area contributed by atoms with Gasteiger partial charge < -0.3 is 10.2 Å². The molecule has 6 heteroatoms. The predicted octanol–water partition coefficient (Wildman–Crippen LogP) is 3.69. The Hall–Kier alpha value is -1.95. The van der Waals surface area contributed by atoms with Crippen LogP contribution in [0.2, 0.25) is 0 Å². The van der Waals surface area contributed by atoms with Crippen LogP contribution < -0.4 is 5.32 Å². The molecular weight excluding hydrogens is 301 g/mol. The van der Waals surface area contributed by atoms with Crippen LogP contribution in [-0.2, 0) is 0 Å². The number of nitrogens with zero attached hydrogens (tertiary/aromatic N) is 2. The Balaban J connectivity index is 1.87. The zero-order valence-corrected chi connectivity index (χ0v) is 13.2. The number of thiazole rings is 1. The summed E-state index contributed by atoms with van der Waals surface area (Å²) in [5, 5.41) is 5.44. The number of halogens is 1. The van der Waals surface area contributed by atoms with E-state index in [2.05, 4.69) is 10.3 Å². The van der Waals surface area contributed by atoms with Gasteiger partial charge in [0.05, 0.1) is 6.04 Å². The molecule has 0 unspecified atom stereocenters. The van der Waals surface area contributed by atoms with E-state index in [-0.39, 0.29) is 17.8 Å². The second-order valence-corrected chi connectivity index (χ2v) is 6.21. The van der Waals surface area contributed by atoms with Crippen molar-refractivity contribution in [1.82, 2.24) is 9.88 Å². The molecule has 0 radical (unpaired) electrons. The topological polar surface area (TPSA) is 45.2 Å². The number of likely N-dealkylation sites (tertiary alicyclic amines) is 1. The molecule has 116 valence electrons. The van der Waals surface area contributed by atoms with Crippen molar-refractivity contribution in [1.29, 1.82) is 0 Å². The summed E-state index contributed by atoms with van der Waals surface area (Å²) in [6, 6.07) is 6.47. The van der Waals surface area contributed by atoms with Crippen molar-refractivity contribution in [2.24, 2.45) is 0 Å². The largest absolute Gasteiger partial charge is 0.365 e. The maximum absolute atomic E-state index is 13.5. The lowest BCUT2D eigenvalue weighted by Gasteiger charge is -2.35. The Kier molecular flexibility index (Phi) is 4.38. The summed E-state index contributed by atoms with van der Waals surface area (Å²) in [7, 11) is 1.78. The summed E-state index contributed by atoms with van der Waals surface area (Å²) in [6.07, 6.45) is 2.88. The first kappa shape index (κ1) is 15.0. The number of piperidine rings is 1. The quantitative estimate of drug-likeness (QED) is 0.938. The summed E-state index contributed by atoms with van der Waals surface area (Å²) < 4.78 is 13.5. The number of carbonyl (C=O) groups is 1. The highest BCUT2D eigenvalue weighted by atomic mass is 32.1. The maximum Gasteiger partial charge on any atom is 0.273 e. The van der Waals surface area contributed by atoms with E-state index in [0.29, 0.717) is 12.2 Å². The van der Waals surface area contributed by atoms with Gasteiger partial charge in [0.1, 0.15) is 11.5 Å². The van der Waals surface area contributed by atoms with E-state index in [1.165, 1.54) is 23.5 Å². The van der Waals surface area contributed by atoms with Crippen molar-refractivity contribution in [2.45, 2.75) is 25.3 Å². The molecule has 2 heterocycles. The van der Waals surface area contributed by atoms with Gasteiger partial charge in [-0.15, -0.1) is 11.3 Å². The van der Waals surface area contributed by atoms with Crippen LogP contribution in [0.1, 0.15) is 41.4 Å². The standard InChI is InChI=1S/C16H18FN3OS/c1-18-16-19-13(10-22-16)15(21)20-8-3-2-7-14(20)11-5-4-6-12(17)9-11/h4-6,9-10,14H,2-3,7-8H2,1H3,(H,18,19)/t14-/m1/s1. The van der Waals surface area contributed by atoms with Crippen LogP contribution in [-0.4, -0.2) is 29.4 Å². The van der Waals surface area contributed by atoms with Crippen molar-refractivity contribution in [3.05, 3.63) is 46.7 Å². The first-order chi connectivity index (χ1) is 10.7. The molecule has 1 aliphatic heterocycles. The summed E-state index contributed by atoms with van der Waals surface area (Å²) in [5.74, 6) is -0.340.